The number of aromatic nitrogens is 3. The average molecular weight is 383 g/mol. The molecule has 28 heavy (non-hydrogen) atoms. The summed E-state index contributed by atoms with van der Waals surface area (Å²) in [6.45, 7) is 5.10. The van der Waals surface area contributed by atoms with Gasteiger partial charge >= 0.3 is 0 Å². The Morgan fingerprint density at radius 2 is 2.11 bits per heavy atom. The quantitative estimate of drug-likeness (QED) is 0.830. The first-order chi connectivity index (χ1) is 13.8. The molecule has 2 aromatic heterocycles. The predicted octanol–water partition coefficient (Wildman–Crippen LogP) is 2.67. The van der Waals surface area contributed by atoms with E-state index in [4.69, 9.17) is 4.74 Å². The maximum atomic E-state index is 12.8. The summed E-state index contributed by atoms with van der Waals surface area (Å²) >= 11 is 0. The van der Waals surface area contributed by atoms with Crippen molar-refractivity contribution in [3.05, 3.63) is 42.4 Å². The predicted molar refractivity (Wildman–Crippen MR) is 107 cm³/mol. The van der Waals surface area contributed by atoms with E-state index < -0.39 is 0 Å². The van der Waals surface area contributed by atoms with Crippen LogP contribution in [0, 0.1) is 11.8 Å². The van der Waals surface area contributed by atoms with Crippen molar-refractivity contribution >= 4 is 11.7 Å². The van der Waals surface area contributed by atoms with E-state index in [0.717, 1.165) is 64.5 Å². The minimum Gasteiger partial charge on any atom is -0.381 e. The van der Waals surface area contributed by atoms with Gasteiger partial charge in [-0.25, -0.2) is 4.98 Å². The normalized spacial score (nSPS) is 20.9. The number of hydrogen-bond donors (Lipinski definition) is 1. The minimum absolute atomic E-state index is 0.0808. The van der Waals surface area contributed by atoms with Crippen LogP contribution in [0.15, 0.2) is 36.8 Å². The molecule has 4 rings (SSSR count). The maximum Gasteiger partial charge on any atom is 0.255 e. The molecule has 1 N–H and O–H groups in total. The number of likely N-dealkylation sites (tertiary alicyclic amines) is 1. The van der Waals surface area contributed by atoms with Gasteiger partial charge in [0.1, 0.15) is 5.82 Å². The standard InChI is InChI=1S/C21H29N5O2/c27-21(25-10-6-17(7-11-25)15-26-9-2-8-24-26)19-4-5-20(23-14-19)22-13-18-3-1-12-28-16-18/h2,4-5,8-9,14,17-18H,1,3,6-7,10-13,15-16H2,(H,22,23). The van der Waals surface area contributed by atoms with E-state index in [9.17, 15) is 4.79 Å². The van der Waals surface area contributed by atoms with Crippen LogP contribution in [0.3, 0.4) is 0 Å². The average Bonchev–Trinajstić information content (AvgIpc) is 3.26. The van der Waals surface area contributed by atoms with Gasteiger partial charge in [0.2, 0.25) is 0 Å². The van der Waals surface area contributed by atoms with Gasteiger partial charge < -0.3 is 15.0 Å². The zero-order valence-corrected chi connectivity index (χ0v) is 16.3. The molecule has 4 heterocycles. The number of nitrogens with one attached hydrogen (secondary N) is 1. The lowest BCUT2D eigenvalue weighted by atomic mass is 9.96. The summed E-state index contributed by atoms with van der Waals surface area (Å²) in [6.07, 6.45) is 9.86. The summed E-state index contributed by atoms with van der Waals surface area (Å²) < 4.78 is 7.49. The van der Waals surface area contributed by atoms with E-state index in [-0.39, 0.29) is 5.91 Å². The Kier molecular flexibility index (Phi) is 6.21. The first-order valence-electron chi connectivity index (χ1n) is 10.3. The Morgan fingerprint density at radius 3 is 2.79 bits per heavy atom. The highest BCUT2D eigenvalue weighted by Gasteiger charge is 2.24. The first kappa shape index (κ1) is 18.9. The number of hydrogen-bond acceptors (Lipinski definition) is 5. The van der Waals surface area contributed by atoms with E-state index in [1.165, 1.54) is 6.42 Å². The number of carbonyl (C=O) groups excluding carboxylic acids is 1. The summed E-state index contributed by atoms with van der Waals surface area (Å²) in [5.41, 5.74) is 0.664. The van der Waals surface area contributed by atoms with Crippen molar-refractivity contribution < 1.29 is 9.53 Å². The Bertz CT molecular complexity index is 733. The molecule has 1 unspecified atom stereocenters. The number of carbonyl (C=O) groups is 1. The smallest absolute Gasteiger partial charge is 0.255 e. The van der Waals surface area contributed by atoms with E-state index in [1.54, 1.807) is 6.20 Å². The van der Waals surface area contributed by atoms with Crippen molar-refractivity contribution in [1.82, 2.24) is 19.7 Å². The lowest BCUT2D eigenvalue weighted by molar-refractivity contribution is 0.0595. The molecule has 0 bridgehead atoms. The minimum atomic E-state index is 0.0808. The molecule has 0 saturated carbocycles. The van der Waals surface area contributed by atoms with E-state index in [2.05, 4.69) is 15.4 Å². The van der Waals surface area contributed by atoms with Crippen LogP contribution in [-0.2, 0) is 11.3 Å². The topological polar surface area (TPSA) is 72.3 Å². The lowest BCUT2D eigenvalue weighted by Crippen LogP contribution is -2.39. The van der Waals surface area contributed by atoms with Gasteiger partial charge in [0.05, 0.1) is 12.2 Å². The number of amides is 1. The number of rotatable bonds is 6. The zero-order valence-electron chi connectivity index (χ0n) is 16.3. The third kappa shape index (κ3) is 4.90. The number of anilines is 1. The second-order valence-electron chi connectivity index (χ2n) is 7.86. The Hall–Kier alpha value is -2.41. The van der Waals surface area contributed by atoms with Gasteiger partial charge in [-0.15, -0.1) is 0 Å². The van der Waals surface area contributed by atoms with Gasteiger partial charge in [0.15, 0.2) is 0 Å². The molecular weight excluding hydrogens is 354 g/mol. The van der Waals surface area contributed by atoms with Gasteiger partial charge in [-0.05, 0) is 55.7 Å². The maximum absolute atomic E-state index is 12.8. The van der Waals surface area contributed by atoms with Crippen molar-refractivity contribution in [3.8, 4) is 0 Å². The molecule has 150 valence electrons. The van der Waals surface area contributed by atoms with Crippen molar-refractivity contribution in [2.45, 2.75) is 32.2 Å². The molecule has 1 amide bonds. The Morgan fingerprint density at radius 1 is 1.21 bits per heavy atom. The highest BCUT2D eigenvalue weighted by Crippen LogP contribution is 2.21. The van der Waals surface area contributed by atoms with Crippen LogP contribution >= 0.6 is 0 Å². The molecule has 7 heteroatoms. The highest BCUT2D eigenvalue weighted by molar-refractivity contribution is 5.94. The molecule has 7 nitrogen and oxygen atoms in total. The molecule has 2 aliphatic heterocycles. The van der Waals surface area contributed by atoms with Crippen LogP contribution in [0.4, 0.5) is 5.82 Å². The number of nitrogens with zero attached hydrogens (tertiary/aromatic N) is 4. The summed E-state index contributed by atoms with van der Waals surface area (Å²) in [7, 11) is 0. The number of ether oxygens (including phenoxy) is 1. The van der Waals surface area contributed by atoms with Crippen LogP contribution < -0.4 is 5.32 Å². The van der Waals surface area contributed by atoms with E-state index >= 15 is 0 Å². The fraction of sp³-hybridized carbons (Fsp3) is 0.571. The Labute approximate surface area is 166 Å². The second-order valence-corrected chi connectivity index (χ2v) is 7.86. The molecular formula is C21H29N5O2. The van der Waals surface area contributed by atoms with Gasteiger partial charge in [0, 0.05) is 51.4 Å². The zero-order chi connectivity index (χ0) is 19.2. The molecule has 0 aliphatic carbocycles. The van der Waals surface area contributed by atoms with Gasteiger partial charge in [-0.3, -0.25) is 9.48 Å². The van der Waals surface area contributed by atoms with Crippen LogP contribution in [0.2, 0.25) is 0 Å². The molecule has 2 aliphatic rings. The van der Waals surface area contributed by atoms with Gasteiger partial charge in [-0.1, -0.05) is 0 Å². The molecule has 0 spiro atoms. The third-order valence-corrected chi connectivity index (χ3v) is 5.74. The van der Waals surface area contributed by atoms with Crippen LogP contribution in [0.5, 0.6) is 0 Å². The summed E-state index contributed by atoms with van der Waals surface area (Å²) in [5.74, 6) is 2.02. The summed E-state index contributed by atoms with van der Waals surface area (Å²) in [5, 5.41) is 7.64. The monoisotopic (exact) mass is 383 g/mol. The lowest BCUT2D eigenvalue weighted by Gasteiger charge is -2.32. The fourth-order valence-electron chi connectivity index (χ4n) is 4.02. The summed E-state index contributed by atoms with van der Waals surface area (Å²) in [4.78, 5) is 19.2. The van der Waals surface area contributed by atoms with E-state index in [0.29, 0.717) is 17.4 Å². The fourth-order valence-corrected chi connectivity index (χ4v) is 4.02. The van der Waals surface area contributed by atoms with Crippen LogP contribution in [0.25, 0.3) is 0 Å². The molecule has 2 aromatic rings. The number of piperidine rings is 1. The van der Waals surface area contributed by atoms with Crippen molar-refractivity contribution in [2.75, 3.05) is 38.2 Å². The van der Waals surface area contributed by atoms with Crippen LogP contribution in [0.1, 0.15) is 36.0 Å². The second kappa shape index (κ2) is 9.19. The SMILES string of the molecule is O=C(c1ccc(NCC2CCCOC2)nc1)N1CCC(Cn2cccn2)CC1. The highest BCUT2D eigenvalue weighted by atomic mass is 16.5. The van der Waals surface area contributed by atoms with Crippen molar-refractivity contribution in [3.63, 3.8) is 0 Å². The first-order valence-corrected chi connectivity index (χ1v) is 10.3. The van der Waals surface area contributed by atoms with Crippen LogP contribution in [-0.4, -0.2) is 58.4 Å². The molecule has 0 radical (unpaired) electrons. The van der Waals surface area contributed by atoms with Crippen molar-refractivity contribution in [1.29, 1.82) is 0 Å². The van der Waals surface area contributed by atoms with Gasteiger partial charge in [-0.2, -0.15) is 5.10 Å². The summed E-state index contributed by atoms with van der Waals surface area (Å²) in [6, 6.07) is 5.74. The largest absolute Gasteiger partial charge is 0.381 e. The third-order valence-electron chi connectivity index (χ3n) is 5.74. The van der Waals surface area contributed by atoms with Gasteiger partial charge in [0.25, 0.3) is 5.91 Å². The molecule has 0 aromatic carbocycles. The molecule has 2 fully saturated rings. The van der Waals surface area contributed by atoms with E-state index in [1.807, 2.05) is 40.2 Å². The number of pyridine rings is 1. The Balaban J connectivity index is 1.24. The van der Waals surface area contributed by atoms with Crippen molar-refractivity contribution in [2.24, 2.45) is 11.8 Å². The molecule has 2 saturated heterocycles. The molecule has 1 atom stereocenters.